The first-order chi connectivity index (χ1) is 8.61. The Labute approximate surface area is 103 Å². The lowest BCUT2D eigenvalue weighted by Gasteiger charge is -1.97. The van der Waals surface area contributed by atoms with Gasteiger partial charge in [-0.05, 0) is 36.7 Å². The Balaban J connectivity index is 2.29. The van der Waals surface area contributed by atoms with Gasteiger partial charge in [-0.2, -0.15) is 4.98 Å². The van der Waals surface area contributed by atoms with Gasteiger partial charge in [0.2, 0.25) is 0 Å². The van der Waals surface area contributed by atoms with E-state index in [0.717, 1.165) is 0 Å². The highest BCUT2D eigenvalue weighted by Crippen LogP contribution is 2.20. The zero-order valence-electron chi connectivity index (χ0n) is 9.94. The number of nitrogens with zero attached hydrogens (tertiary/aromatic N) is 2. The third-order valence-electron chi connectivity index (χ3n) is 2.30. The van der Waals surface area contributed by atoms with Gasteiger partial charge in [0.05, 0.1) is 6.61 Å². The van der Waals surface area contributed by atoms with E-state index in [9.17, 15) is 9.18 Å². The number of carbonyl (C=O) groups is 1. The predicted octanol–water partition coefficient (Wildman–Crippen LogP) is 2.36. The topological polar surface area (TPSA) is 65.2 Å². The molecule has 0 amide bonds. The fraction of sp³-hybridized carbons (Fsp3) is 0.250. The normalized spacial score (nSPS) is 10.4. The second kappa shape index (κ2) is 4.95. The Kier molecular flexibility index (Phi) is 3.36. The van der Waals surface area contributed by atoms with Crippen LogP contribution in [0.2, 0.25) is 0 Å². The number of halogens is 1. The van der Waals surface area contributed by atoms with E-state index in [2.05, 4.69) is 10.1 Å². The highest BCUT2D eigenvalue weighted by Gasteiger charge is 2.17. The SMILES string of the molecule is CCOC(=O)c1noc(-c2ccc(C)c(F)c2)n1. The van der Waals surface area contributed by atoms with Gasteiger partial charge in [0.1, 0.15) is 5.82 Å². The maximum atomic E-state index is 13.4. The maximum Gasteiger partial charge on any atom is 0.379 e. The number of hydrogen-bond acceptors (Lipinski definition) is 5. The van der Waals surface area contributed by atoms with Crippen molar-refractivity contribution in [2.24, 2.45) is 0 Å². The second-order valence-corrected chi connectivity index (χ2v) is 3.61. The lowest BCUT2D eigenvalue weighted by atomic mass is 10.1. The number of aromatic nitrogens is 2. The zero-order valence-corrected chi connectivity index (χ0v) is 9.94. The number of aryl methyl sites for hydroxylation is 1. The zero-order chi connectivity index (χ0) is 13.1. The third-order valence-corrected chi connectivity index (χ3v) is 2.30. The lowest BCUT2D eigenvalue weighted by molar-refractivity contribution is 0.0508. The summed E-state index contributed by atoms with van der Waals surface area (Å²) in [5.74, 6) is -1.13. The van der Waals surface area contributed by atoms with E-state index in [1.54, 1.807) is 26.0 Å². The van der Waals surface area contributed by atoms with Crippen LogP contribution in [0.5, 0.6) is 0 Å². The smallest absolute Gasteiger partial charge is 0.379 e. The van der Waals surface area contributed by atoms with Gasteiger partial charge in [-0.15, -0.1) is 0 Å². The Hall–Kier alpha value is -2.24. The minimum Gasteiger partial charge on any atom is -0.460 e. The highest BCUT2D eigenvalue weighted by atomic mass is 19.1. The molecule has 0 bridgehead atoms. The van der Waals surface area contributed by atoms with Gasteiger partial charge in [0.25, 0.3) is 11.7 Å². The van der Waals surface area contributed by atoms with Crippen LogP contribution < -0.4 is 0 Å². The molecule has 0 atom stereocenters. The van der Waals surface area contributed by atoms with Crippen LogP contribution in [0.15, 0.2) is 22.7 Å². The van der Waals surface area contributed by atoms with Crippen molar-refractivity contribution in [1.82, 2.24) is 10.1 Å². The van der Waals surface area contributed by atoms with Crippen LogP contribution >= 0.6 is 0 Å². The van der Waals surface area contributed by atoms with Crippen LogP contribution in [0.3, 0.4) is 0 Å². The van der Waals surface area contributed by atoms with Gasteiger partial charge in [-0.3, -0.25) is 0 Å². The number of benzene rings is 1. The predicted molar refractivity (Wildman–Crippen MR) is 60.4 cm³/mol. The van der Waals surface area contributed by atoms with Crippen molar-refractivity contribution < 1.29 is 18.4 Å². The minimum absolute atomic E-state index is 0.0805. The van der Waals surface area contributed by atoms with E-state index in [4.69, 9.17) is 9.26 Å². The number of carbonyl (C=O) groups excluding carboxylic acids is 1. The Bertz CT molecular complexity index is 580. The molecule has 18 heavy (non-hydrogen) atoms. The lowest BCUT2D eigenvalue weighted by Crippen LogP contribution is -2.06. The molecule has 0 radical (unpaired) electrons. The van der Waals surface area contributed by atoms with Crippen molar-refractivity contribution in [3.8, 4) is 11.5 Å². The van der Waals surface area contributed by atoms with E-state index in [0.29, 0.717) is 11.1 Å². The molecule has 0 aliphatic rings. The summed E-state index contributed by atoms with van der Waals surface area (Å²) >= 11 is 0. The highest BCUT2D eigenvalue weighted by molar-refractivity contribution is 5.85. The quantitative estimate of drug-likeness (QED) is 0.782. The number of ether oxygens (including phenoxy) is 1. The first kappa shape index (κ1) is 12.2. The summed E-state index contributed by atoms with van der Waals surface area (Å²) in [7, 11) is 0. The van der Waals surface area contributed by atoms with Crippen molar-refractivity contribution in [2.45, 2.75) is 13.8 Å². The number of esters is 1. The molecule has 2 aromatic rings. The van der Waals surface area contributed by atoms with Crippen molar-refractivity contribution in [1.29, 1.82) is 0 Å². The molecule has 0 spiro atoms. The summed E-state index contributed by atoms with van der Waals surface area (Å²) in [6, 6.07) is 4.51. The molecule has 0 fully saturated rings. The summed E-state index contributed by atoms with van der Waals surface area (Å²) in [5.41, 5.74) is 0.935. The summed E-state index contributed by atoms with van der Waals surface area (Å²) in [6.07, 6.45) is 0. The summed E-state index contributed by atoms with van der Waals surface area (Å²) < 4.78 is 23.0. The van der Waals surface area contributed by atoms with Crippen LogP contribution in [0.25, 0.3) is 11.5 Å². The van der Waals surface area contributed by atoms with Crippen molar-refractivity contribution in [2.75, 3.05) is 6.61 Å². The standard InChI is InChI=1S/C12H11FN2O3/c1-3-17-12(16)10-14-11(18-15-10)8-5-4-7(2)9(13)6-8/h4-6H,3H2,1-2H3. The van der Waals surface area contributed by atoms with Crippen LogP contribution in [0, 0.1) is 12.7 Å². The molecule has 0 unspecified atom stereocenters. The number of rotatable bonds is 3. The average molecular weight is 250 g/mol. The monoisotopic (exact) mass is 250 g/mol. The Morgan fingerprint density at radius 2 is 2.28 bits per heavy atom. The van der Waals surface area contributed by atoms with Gasteiger partial charge < -0.3 is 9.26 Å². The molecular formula is C12H11FN2O3. The largest absolute Gasteiger partial charge is 0.460 e. The molecule has 1 aromatic heterocycles. The van der Waals surface area contributed by atoms with Crippen LogP contribution in [-0.4, -0.2) is 22.7 Å². The molecule has 5 nitrogen and oxygen atoms in total. The Morgan fingerprint density at radius 1 is 1.50 bits per heavy atom. The molecule has 0 aliphatic carbocycles. The van der Waals surface area contributed by atoms with E-state index in [1.807, 2.05) is 0 Å². The number of hydrogen-bond donors (Lipinski definition) is 0. The minimum atomic E-state index is -0.667. The van der Waals surface area contributed by atoms with Crippen LogP contribution in [0.1, 0.15) is 23.1 Å². The van der Waals surface area contributed by atoms with Gasteiger partial charge in [0, 0.05) is 5.56 Å². The molecule has 1 heterocycles. The fourth-order valence-corrected chi connectivity index (χ4v) is 1.35. The van der Waals surface area contributed by atoms with Crippen molar-refractivity contribution in [3.63, 3.8) is 0 Å². The van der Waals surface area contributed by atoms with Crippen molar-refractivity contribution >= 4 is 5.97 Å². The molecule has 0 N–H and O–H groups in total. The van der Waals surface area contributed by atoms with E-state index >= 15 is 0 Å². The summed E-state index contributed by atoms with van der Waals surface area (Å²) in [5, 5.41) is 3.48. The molecule has 6 heteroatoms. The van der Waals surface area contributed by atoms with E-state index in [-0.39, 0.29) is 24.1 Å². The second-order valence-electron chi connectivity index (χ2n) is 3.61. The fourth-order valence-electron chi connectivity index (χ4n) is 1.35. The van der Waals surface area contributed by atoms with Crippen LogP contribution in [-0.2, 0) is 4.74 Å². The van der Waals surface area contributed by atoms with E-state index < -0.39 is 5.97 Å². The molecule has 0 aliphatic heterocycles. The van der Waals surface area contributed by atoms with Gasteiger partial charge in [-0.1, -0.05) is 6.07 Å². The molecule has 94 valence electrons. The Morgan fingerprint density at radius 3 is 2.94 bits per heavy atom. The van der Waals surface area contributed by atoms with Gasteiger partial charge >= 0.3 is 5.97 Å². The molecular weight excluding hydrogens is 239 g/mol. The van der Waals surface area contributed by atoms with Gasteiger partial charge in [0.15, 0.2) is 0 Å². The molecule has 2 rings (SSSR count). The van der Waals surface area contributed by atoms with E-state index in [1.165, 1.54) is 6.07 Å². The molecule has 1 aromatic carbocycles. The average Bonchev–Trinajstić information content (AvgIpc) is 2.82. The third kappa shape index (κ3) is 2.37. The first-order valence-electron chi connectivity index (χ1n) is 5.39. The van der Waals surface area contributed by atoms with Crippen molar-refractivity contribution in [3.05, 3.63) is 35.4 Å². The summed E-state index contributed by atoms with van der Waals surface area (Å²) in [6.45, 7) is 3.55. The first-order valence-corrected chi connectivity index (χ1v) is 5.39. The van der Waals surface area contributed by atoms with Crippen LogP contribution in [0.4, 0.5) is 4.39 Å². The maximum absolute atomic E-state index is 13.4. The van der Waals surface area contributed by atoms with Gasteiger partial charge in [-0.25, -0.2) is 9.18 Å². The summed E-state index contributed by atoms with van der Waals surface area (Å²) in [4.78, 5) is 15.2. The molecule has 0 saturated heterocycles. The molecule has 0 saturated carbocycles.